The fraction of sp³-hybridized carbons (Fsp3) is 0.235. The molecule has 0 radical (unpaired) electrons. The fourth-order valence-corrected chi connectivity index (χ4v) is 3.03. The third-order valence-corrected chi connectivity index (χ3v) is 4.23. The van der Waals surface area contributed by atoms with Crippen molar-refractivity contribution in [3.63, 3.8) is 0 Å². The van der Waals surface area contributed by atoms with Crippen molar-refractivity contribution in [1.82, 2.24) is 29.6 Å². The summed E-state index contributed by atoms with van der Waals surface area (Å²) in [5.74, 6) is 0.745. The number of rotatable bonds is 3. The first-order valence-electron chi connectivity index (χ1n) is 7.83. The molecular formula is C17H16N6O. The predicted molar refractivity (Wildman–Crippen MR) is 87.0 cm³/mol. The van der Waals surface area contributed by atoms with Gasteiger partial charge in [-0.15, -0.1) is 10.2 Å². The van der Waals surface area contributed by atoms with Crippen molar-refractivity contribution >= 4 is 5.91 Å². The average Bonchev–Trinajstić information content (AvgIpc) is 3.32. The van der Waals surface area contributed by atoms with Gasteiger partial charge in [-0.1, -0.05) is 30.3 Å². The van der Waals surface area contributed by atoms with E-state index in [1.807, 2.05) is 35.2 Å². The van der Waals surface area contributed by atoms with Gasteiger partial charge in [0.15, 0.2) is 5.82 Å². The predicted octanol–water partition coefficient (Wildman–Crippen LogP) is 1.82. The standard InChI is InChI=1S/C17H16N6O/c24-17(15-10-18-7-8-19-15)22-9-6-14(11-22)23-12-20-21-16(23)13-4-2-1-3-5-13/h1-5,7-8,10,12,14H,6,9,11H2. The van der Waals surface area contributed by atoms with Crippen LogP contribution in [0, 0.1) is 0 Å². The summed E-state index contributed by atoms with van der Waals surface area (Å²) in [6.45, 7) is 1.31. The monoisotopic (exact) mass is 320 g/mol. The van der Waals surface area contributed by atoms with Gasteiger partial charge in [-0.3, -0.25) is 9.78 Å². The Morgan fingerprint density at radius 3 is 2.83 bits per heavy atom. The molecule has 0 spiro atoms. The lowest BCUT2D eigenvalue weighted by Crippen LogP contribution is -2.29. The second-order valence-electron chi connectivity index (χ2n) is 5.71. The molecule has 7 nitrogen and oxygen atoms in total. The lowest BCUT2D eigenvalue weighted by atomic mass is 10.2. The molecule has 0 saturated carbocycles. The zero-order chi connectivity index (χ0) is 16.4. The molecule has 120 valence electrons. The average molecular weight is 320 g/mol. The molecule has 4 rings (SSSR count). The Hall–Kier alpha value is -3.09. The molecular weight excluding hydrogens is 304 g/mol. The van der Waals surface area contributed by atoms with Crippen LogP contribution in [0.3, 0.4) is 0 Å². The third kappa shape index (κ3) is 2.64. The van der Waals surface area contributed by atoms with E-state index in [1.165, 1.54) is 12.4 Å². The van der Waals surface area contributed by atoms with Gasteiger partial charge in [-0.05, 0) is 6.42 Å². The second-order valence-corrected chi connectivity index (χ2v) is 5.71. The van der Waals surface area contributed by atoms with Crippen LogP contribution in [0.1, 0.15) is 23.0 Å². The highest BCUT2D eigenvalue weighted by Gasteiger charge is 2.30. The second kappa shape index (κ2) is 6.19. The minimum Gasteiger partial charge on any atom is -0.335 e. The first kappa shape index (κ1) is 14.5. The van der Waals surface area contributed by atoms with Gasteiger partial charge in [-0.2, -0.15) is 0 Å². The number of hydrogen-bond acceptors (Lipinski definition) is 5. The number of likely N-dealkylation sites (tertiary alicyclic amines) is 1. The van der Waals surface area contributed by atoms with Crippen LogP contribution in [0.15, 0.2) is 55.2 Å². The van der Waals surface area contributed by atoms with E-state index >= 15 is 0 Å². The van der Waals surface area contributed by atoms with Crippen LogP contribution in [0.25, 0.3) is 11.4 Å². The van der Waals surface area contributed by atoms with Crippen molar-refractivity contribution < 1.29 is 4.79 Å². The van der Waals surface area contributed by atoms with E-state index < -0.39 is 0 Å². The van der Waals surface area contributed by atoms with Crippen LogP contribution < -0.4 is 0 Å². The summed E-state index contributed by atoms with van der Waals surface area (Å²) in [7, 11) is 0. The van der Waals surface area contributed by atoms with Crippen molar-refractivity contribution in [2.75, 3.05) is 13.1 Å². The molecule has 1 saturated heterocycles. The molecule has 1 fully saturated rings. The normalized spacial score (nSPS) is 17.2. The zero-order valence-corrected chi connectivity index (χ0v) is 13.0. The zero-order valence-electron chi connectivity index (χ0n) is 13.0. The van der Waals surface area contributed by atoms with Crippen LogP contribution in [-0.4, -0.2) is 48.6 Å². The third-order valence-electron chi connectivity index (χ3n) is 4.23. The van der Waals surface area contributed by atoms with Gasteiger partial charge in [0.2, 0.25) is 0 Å². The van der Waals surface area contributed by atoms with Gasteiger partial charge in [-0.25, -0.2) is 4.98 Å². The molecule has 7 heteroatoms. The van der Waals surface area contributed by atoms with Gasteiger partial charge in [0.05, 0.1) is 12.2 Å². The quantitative estimate of drug-likeness (QED) is 0.736. The molecule has 1 amide bonds. The Labute approximate surface area is 139 Å². The Kier molecular flexibility index (Phi) is 3.74. The van der Waals surface area contributed by atoms with Crippen LogP contribution >= 0.6 is 0 Å². The van der Waals surface area contributed by atoms with Gasteiger partial charge in [0, 0.05) is 31.0 Å². The van der Waals surface area contributed by atoms with Crippen LogP contribution in [-0.2, 0) is 0 Å². The van der Waals surface area contributed by atoms with Gasteiger partial charge in [0.25, 0.3) is 5.91 Å². The van der Waals surface area contributed by atoms with Crippen molar-refractivity contribution in [2.45, 2.75) is 12.5 Å². The molecule has 1 unspecified atom stereocenters. The number of aromatic nitrogens is 5. The van der Waals surface area contributed by atoms with E-state index in [-0.39, 0.29) is 11.9 Å². The summed E-state index contributed by atoms with van der Waals surface area (Å²) in [5, 5.41) is 8.30. The van der Waals surface area contributed by atoms with Gasteiger partial charge in [0.1, 0.15) is 12.0 Å². The topological polar surface area (TPSA) is 76.8 Å². The molecule has 1 aromatic carbocycles. The van der Waals surface area contributed by atoms with E-state index in [0.29, 0.717) is 18.8 Å². The molecule has 0 N–H and O–H groups in total. The number of amides is 1. The van der Waals surface area contributed by atoms with E-state index in [9.17, 15) is 4.79 Å². The summed E-state index contributed by atoms with van der Waals surface area (Å²) < 4.78 is 2.05. The van der Waals surface area contributed by atoms with Crippen LogP contribution in [0.4, 0.5) is 0 Å². The lowest BCUT2D eigenvalue weighted by molar-refractivity contribution is 0.0781. The summed E-state index contributed by atoms with van der Waals surface area (Å²) in [6.07, 6.45) is 7.21. The SMILES string of the molecule is O=C(c1cnccn1)N1CCC(n2cnnc2-c2ccccc2)C1. The van der Waals surface area contributed by atoms with Gasteiger partial charge >= 0.3 is 0 Å². The molecule has 0 bridgehead atoms. The van der Waals surface area contributed by atoms with Gasteiger partial charge < -0.3 is 9.47 Å². The molecule has 1 atom stereocenters. The molecule has 3 aromatic rings. The minimum atomic E-state index is -0.0834. The van der Waals surface area contributed by atoms with Crippen LogP contribution in [0.5, 0.6) is 0 Å². The first-order chi connectivity index (χ1) is 11.8. The van der Waals surface area contributed by atoms with E-state index in [4.69, 9.17) is 0 Å². The maximum atomic E-state index is 12.5. The largest absolute Gasteiger partial charge is 0.335 e. The Morgan fingerprint density at radius 2 is 2.04 bits per heavy atom. The van der Waals surface area contributed by atoms with E-state index in [1.54, 1.807) is 12.5 Å². The van der Waals surface area contributed by atoms with Crippen molar-refractivity contribution in [3.05, 3.63) is 60.9 Å². The number of carbonyl (C=O) groups is 1. The first-order valence-corrected chi connectivity index (χ1v) is 7.83. The minimum absolute atomic E-state index is 0.0834. The maximum absolute atomic E-state index is 12.5. The molecule has 1 aliphatic heterocycles. The summed E-state index contributed by atoms with van der Waals surface area (Å²) in [4.78, 5) is 22.4. The molecule has 1 aliphatic rings. The van der Waals surface area contributed by atoms with E-state index in [0.717, 1.165) is 17.8 Å². The Bertz CT molecular complexity index is 833. The Morgan fingerprint density at radius 1 is 1.17 bits per heavy atom. The van der Waals surface area contributed by atoms with Crippen LogP contribution in [0.2, 0.25) is 0 Å². The fourth-order valence-electron chi connectivity index (χ4n) is 3.03. The summed E-state index contributed by atoms with van der Waals surface area (Å²) in [6, 6.07) is 10.1. The number of nitrogens with zero attached hydrogens (tertiary/aromatic N) is 6. The number of carbonyl (C=O) groups excluding carboxylic acids is 1. The summed E-state index contributed by atoms with van der Waals surface area (Å²) in [5.41, 5.74) is 1.40. The maximum Gasteiger partial charge on any atom is 0.274 e. The van der Waals surface area contributed by atoms with Crippen molar-refractivity contribution in [3.8, 4) is 11.4 Å². The summed E-state index contributed by atoms with van der Waals surface area (Å²) >= 11 is 0. The molecule has 3 heterocycles. The van der Waals surface area contributed by atoms with E-state index in [2.05, 4.69) is 24.7 Å². The molecule has 0 aliphatic carbocycles. The molecule has 24 heavy (non-hydrogen) atoms. The smallest absolute Gasteiger partial charge is 0.274 e. The number of hydrogen-bond donors (Lipinski definition) is 0. The van der Waals surface area contributed by atoms with Crippen molar-refractivity contribution in [2.24, 2.45) is 0 Å². The van der Waals surface area contributed by atoms with Crippen molar-refractivity contribution in [1.29, 1.82) is 0 Å². The highest BCUT2D eigenvalue weighted by molar-refractivity contribution is 5.92. The highest BCUT2D eigenvalue weighted by Crippen LogP contribution is 2.27. The molecule has 2 aromatic heterocycles. The highest BCUT2D eigenvalue weighted by atomic mass is 16.2. The number of benzene rings is 1. The Balaban J connectivity index is 1.54. The lowest BCUT2D eigenvalue weighted by Gasteiger charge is -2.17.